The van der Waals surface area contributed by atoms with Crippen LogP contribution in [0.4, 0.5) is 0 Å². The molecule has 1 amide bonds. The number of rotatable bonds is 7. The first-order valence-corrected chi connectivity index (χ1v) is 9.04. The Morgan fingerprint density at radius 2 is 1.81 bits per heavy atom. The van der Waals surface area contributed by atoms with Gasteiger partial charge in [0.15, 0.2) is 0 Å². The SMILES string of the molecule is CCC(N)(CC)CNC(=O)Cc1c(C)nn(-c2ccc(Cl)cc2)c1C.Cl. The fourth-order valence-corrected chi connectivity index (χ4v) is 2.89. The number of nitrogens with one attached hydrogen (secondary N) is 1. The minimum absolute atomic E-state index is 0. The van der Waals surface area contributed by atoms with Gasteiger partial charge in [-0.3, -0.25) is 4.79 Å². The summed E-state index contributed by atoms with van der Waals surface area (Å²) in [7, 11) is 0. The zero-order valence-corrected chi connectivity index (χ0v) is 17.4. The lowest BCUT2D eigenvalue weighted by Gasteiger charge is -2.26. The maximum atomic E-state index is 12.4. The molecule has 2 aromatic rings. The molecule has 26 heavy (non-hydrogen) atoms. The van der Waals surface area contributed by atoms with Crippen molar-refractivity contribution >= 4 is 29.9 Å². The molecule has 0 unspecified atom stereocenters. The van der Waals surface area contributed by atoms with E-state index in [1.807, 2.05) is 56.6 Å². The van der Waals surface area contributed by atoms with Crippen molar-refractivity contribution in [3.63, 3.8) is 0 Å². The summed E-state index contributed by atoms with van der Waals surface area (Å²) in [6.07, 6.45) is 1.96. The summed E-state index contributed by atoms with van der Waals surface area (Å²) in [6.45, 7) is 8.47. The van der Waals surface area contributed by atoms with Crippen molar-refractivity contribution in [3.8, 4) is 5.69 Å². The highest BCUT2D eigenvalue weighted by molar-refractivity contribution is 6.30. The predicted molar refractivity (Wildman–Crippen MR) is 110 cm³/mol. The van der Waals surface area contributed by atoms with Crippen molar-refractivity contribution in [2.45, 2.75) is 52.5 Å². The first-order chi connectivity index (χ1) is 11.8. The van der Waals surface area contributed by atoms with E-state index in [2.05, 4.69) is 10.4 Å². The third kappa shape index (κ3) is 5.22. The lowest BCUT2D eigenvalue weighted by Crippen LogP contribution is -2.49. The van der Waals surface area contributed by atoms with Gasteiger partial charge < -0.3 is 11.1 Å². The maximum Gasteiger partial charge on any atom is 0.224 e. The number of nitrogens with two attached hydrogens (primary N) is 1. The molecule has 144 valence electrons. The van der Waals surface area contributed by atoms with Gasteiger partial charge in [-0.2, -0.15) is 5.10 Å². The average Bonchev–Trinajstić information content (AvgIpc) is 2.88. The van der Waals surface area contributed by atoms with E-state index in [1.165, 1.54) is 0 Å². The first kappa shape index (κ1) is 22.5. The number of carbonyl (C=O) groups excluding carboxylic acids is 1. The first-order valence-electron chi connectivity index (χ1n) is 8.66. The van der Waals surface area contributed by atoms with Crippen molar-refractivity contribution < 1.29 is 4.79 Å². The highest BCUT2D eigenvalue weighted by atomic mass is 35.5. The molecule has 5 nitrogen and oxygen atoms in total. The summed E-state index contributed by atoms with van der Waals surface area (Å²) in [5.41, 5.74) is 9.59. The number of halogens is 2. The molecule has 0 atom stereocenters. The van der Waals surface area contributed by atoms with Gasteiger partial charge in [0, 0.05) is 28.4 Å². The predicted octanol–water partition coefficient (Wildman–Crippen LogP) is 3.74. The molecule has 0 fully saturated rings. The van der Waals surface area contributed by atoms with Crippen molar-refractivity contribution in [2.24, 2.45) is 5.73 Å². The molecule has 0 aliphatic heterocycles. The van der Waals surface area contributed by atoms with Crippen molar-refractivity contribution in [1.82, 2.24) is 15.1 Å². The summed E-state index contributed by atoms with van der Waals surface area (Å²) in [5.74, 6) is -0.0291. The molecule has 7 heteroatoms. The summed E-state index contributed by atoms with van der Waals surface area (Å²) in [4.78, 5) is 12.4. The molecule has 0 saturated heterocycles. The summed E-state index contributed by atoms with van der Waals surface area (Å²) in [6, 6.07) is 7.49. The molecule has 0 radical (unpaired) electrons. The number of benzene rings is 1. The average molecular weight is 399 g/mol. The second-order valence-corrected chi connectivity index (χ2v) is 7.00. The Labute approximate surface area is 166 Å². The second kappa shape index (κ2) is 9.40. The van der Waals surface area contributed by atoms with Crippen LogP contribution in [0.25, 0.3) is 5.69 Å². The Kier molecular flexibility index (Phi) is 8.13. The summed E-state index contributed by atoms with van der Waals surface area (Å²) in [5, 5.41) is 8.22. The Bertz CT molecular complexity index is 737. The van der Waals surface area contributed by atoms with E-state index in [0.717, 1.165) is 35.5 Å². The van der Waals surface area contributed by atoms with Crippen molar-refractivity contribution in [1.29, 1.82) is 0 Å². The fourth-order valence-electron chi connectivity index (χ4n) is 2.76. The molecular formula is C19H28Cl2N4O. The number of amides is 1. The Morgan fingerprint density at radius 1 is 1.23 bits per heavy atom. The van der Waals surface area contributed by atoms with Crippen LogP contribution in [0.3, 0.4) is 0 Å². The molecule has 1 heterocycles. The normalized spacial score (nSPS) is 11.2. The lowest BCUT2D eigenvalue weighted by molar-refractivity contribution is -0.120. The Hall–Kier alpha value is -1.56. The topological polar surface area (TPSA) is 72.9 Å². The van der Waals surface area contributed by atoms with E-state index in [9.17, 15) is 4.79 Å². The van der Waals surface area contributed by atoms with Gasteiger partial charge in [-0.1, -0.05) is 25.4 Å². The second-order valence-electron chi connectivity index (χ2n) is 6.56. The van der Waals surface area contributed by atoms with E-state index >= 15 is 0 Å². The molecular weight excluding hydrogens is 371 g/mol. The molecule has 1 aromatic heterocycles. The lowest BCUT2D eigenvalue weighted by atomic mass is 9.94. The number of hydrogen-bond acceptors (Lipinski definition) is 3. The third-order valence-electron chi connectivity index (χ3n) is 4.90. The van der Waals surface area contributed by atoms with Gasteiger partial charge in [0.2, 0.25) is 5.91 Å². The number of nitrogens with zero attached hydrogens (tertiary/aromatic N) is 2. The monoisotopic (exact) mass is 398 g/mol. The number of hydrogen-bond donors (Lipinski definition) is 2. The van der Waals surface area contributed by atoms with Gasteiger partial charge in [0.25, 0.3) is 0 Å². The van der Waals surface area contributed by atoms with Crippen LogP contribution in [0.5, 0.6) is 0 Å². The number of aryl methyl sites for hydroxylation is 1. The van der Waals surface area contributed by atoms with Crippen LogP contribution >= 0.6 is 24.0 Å². The van der Waals surface area contributed by atoms with Gasteiger partial charge in [0.05, 0.1) is 17.8 Å². The quantitative estimate of drug-likeness (QED) is 0.745. The van der Waals surface area contributed by atoms with Gasteiger partial charge in [-0.05, 0) is 51.0 Å². The molecule has 3 N–H and O–H groups in total. The van der Waals surface area contributed by atoms with Crippen molar-refractivity contribution in [3.05, 3.63) is 46.2 Å². The molecule has 0 bridgehead atoms. The van der Waals surface area contributed by atoms with Crippen LogP contribution in [-0.2, 0) is 11.2 Å². The van der Waals surface area contributed by atoms with Crippen LogP contribution in [0.15, 0.2) is 24.3 Å². The van der Waals surface area contributed by atoms with E-state index in [1.54, 1.807) is 0 Å². The van der Waals surface area contributed by atoms with Crippen LogP contribution in [0.2, 0.25) is 5.02 Å². The summed E-state index contributed by atoms with van der Waals surface area (Å²) < 4.78 is 1.85. The number of aromatic nitrogens is 2. The zero-order chi connectivity index (χ0) is 18.6. The van der Waals surface area contributed by atoms with Gasteiger partial charge in [-0.15, -0.1) is 12.4 Å². The minimum Gasteiger partial charge on any atom is -0.354 e. The van der Waals surface area contributed by atoms with E-state index < -0.39 is 0 Å². The van der Waals surface area contributed by atoms with E-state index in [0.29, 0.717) is 18.0 Å². The van der Waals surface area contributed by atoms with Crippen LogP contribution in [-0.4, -0.2) is 27.8 Å². The smallest absolute Gasteiger partial charge is 0.224 e. The van der Waals surface area contributed by atoms with Crippen LogP contribution in [0.1, 0.15) is 43.6 Å². The molecule has 0 aliphatic carbocycles. The van der Waals surface area contributed by atoms with Gasteiger partial charge in [0.1, 0.15) is 0 Å². The molecule has 1 aromatic carbocycles. The molecule has 0 aliphatic rings. The highest BCUT2D eigenvalue weighted by Gasteiger charge is 2.22. The highest BCUT2D eigenvalue weighted by Crippen LogP contribution is 2.20. The standard InChI is InChI=1S/C19H27ClN4O.ClH/c1-5-19(21,6-2)12-22-18(25)11-17-13(3)23-24(14(17)4)16-9-7-15(20)8-10-16;/h7-10H,5-6,11-12,21H2,1-4H3,(H,22,25);1H. The molecule has 0 spiro atoms. The largest absolute Gasteiger partial charge is 0.354 e. The van der Waals surface area contributed by atoms with E-state index in [-0.39, 0.29) is 23.9 Å². The fraction of sp³-hybridized carbons (Fsp3) is 0.474. The van der Waals surface area contributed by atoms with Crippen LogP contribution < -0.4 is 11.1 Å². The Morgan fingerprint density at radius 3 is 2.35 bits per heavy atom. The molecule has 0 saturated carbocycles. The Balaban J connectivity index is 0.00000338. The van der Waals surface area contributed by atoms with Gasteiger partial charge in [-0.25, -0.2) is 4.68 Å². The van der Waals surface area contributed by atoms with Gasteiger partial charge >= 0.3 is 0 Å². The molecule has 2 rings (SSSR count). The van der Waals surface area contributed by atoms with Crippen molar-refractivity contribution in [2.75, 3.05) is 6.54 Å². The minimum atomic E-state index is -0.340. The third-order valence-corrected chi connectivity index (χ3v) is 5.15. The van der Waals surface area contributed by atoms with Crippen LogP contribution in [0, 0.1) is 13.8 Å². The number of carbonyl (C=O) groups is 1. The summed E-state index contributed by atoms with van der Waals surface area (Å²) >= 11 is 5.95. The maximum absolute atomic E-state index is 12.4. The van der Waals surface area contributed by atoms with E-state index in [4.69, 9.17) is 17.3 Å². The zero-order valence-electron chi connectivity index (χ0n) is 15.8.